The summed E-state index contributed by atoms with van der Waals surface area (Å²) in [6, 6.07) is 3.85. The van der Waals surface area contributed by atoms with Crippen molar-refractivity contribution < 1.29 is 0 Å². The van der Waals surface area contributed by atoms with Crippen LogP contribution in [0.15, 0.2) is 23.7 Å². The van der Waals surface area contributed by atoms with Crippen molar-refractivity contribution in [3.8, 4) is 0 Å². The van der Waals surface area contributed by atoms with Crippen LogP contribution in [-0.4, -0.2) is 21.9 Å². The topological polar surface area (TPSA) is 55.0 Å². The minimum atomic E-state index is 0.524. The van der Waals surface area contributed by atoms with E-state index in [2.05, 4.69) is 40.3 Å². The van der Waals surface area contributed by atoms with Crippen molar-refractivity contribution >= 4 is 17.2 Å². The van der Waals surface area contributed by atoms with Gasteiger partial charge in [0.1, 0.15) is 11.6 Å². The number of aryl methyl sites for hydroxylation is 1. The highest BCUT2D eigenvalue weighted by Gasteiger charge is 2.06. The Morgan fingerprint density at radius 2 is 2.18 bits per heavy atom. The van der Waals surface area contributed by atoms with Gasteiger partial charge in [-0.15, -0.1) is 11.3 Å². The lowest BCUT2D eigenvalue weighted by Crippen LogP contribution is -2.19. The van der Waals surface area contributed by atoms with Crippen molar-refractivity contribution in [2.24, 2.45) is 0 Å². The predicted octanol–water partition coefficient (Wildman–Crippen LogP) is 2.06. The fourth-order valence-corrected chi connectivity index (χ4v) is 2.58. The number of aromatic nitrogens is 2. The number of thiophene rings is 1. The average Bonchev–Trinajstić information content (AvgIpc) is 2.64. The molecule has 0 saturated heterocycles. The molecule has 0 atom stereocenters. The second-order valence-electron chi connectivity index (χ2n) is 4.10. The maximum absolute atomic E-state index is 5.63. The summed E-state index contributed by atoms with van der Waals surface area (Å²) in [4.78, 5) is 12.0. The quantitative estimate of drug-likeness (QED) is 0.900. The maximum Gasteiger partial charge on any atom is 0.144 e. The highest BCUT2D eigenvalue weighted by molar-refractivity contribution is 7.10. The first-order valence-electron chi connectivity index (χ1n) is 5.44. The summed E-state index contributed by atoms with van der Waals surface area (Å²) in [5, 5.41) is 2.12. The van der Waals surface area contributed by atoms with E-state index in [1.54, 1.807) is 23.6 Å². The van der Waals surface area contributed by atoms with Gasteiger partial charge >= 0.3 is 0 Å². The van der Waals surface area contributed by atoms with Crippen LogP contribution in [0.25, 0.3) is 0 Å². The van der Waals surface area contributed by atoms with Crippen molar-refractivity contribution in [3.63, 3.8) is 0 Å². The highest BCUT2D eigenvalue weighted by atomic mass is 32.1. The first-order chi connectivity index (χ1) is 8.15. The summed E-state index contributed by atoms with van der Waals surface area (Å²) in [5.41, 5.74) is 6.97. The molecule has 0 spiro atoms. The smallest absolute Gasteiger partial charge is 0.144 e. The Hall–Kier alpha value is -1.46. The Bertz CT molecular complexity index is 495. The molecule has 2 aromatic rings. The third-order valence-electron chi connectivity index (χ3n) is 2.52. The van der Waals surface area contributed by atoms with Gasteiger partial charge in [-0.2, -0.15) is 0 Å². The molecule has 0 amide bonds. The molecule has 0 aliphatic heterocycles. The number of hydrogen-bond acceptors (Lipinski definition) is 5. The number of nitrogen functional groups attached to an aromatic ring is 1. The Morgan fingerprint density at radius 1 is 1.35 bits per heavy atom. The van der Waals surface area contributed by atoms with Crippen LogP contribution >= 0.6 is 11.3 Å². The normalized spacial score (nSPS) is 11.0. The van der Waals surface area contributed by atoms with E-state index >= 15 is 0 Å². The van der Waals surface area contributed by atoms with Gasteiger partial charge < -0.3 is 5.73 Å². The molecule has 5 heteroatoms. The van der Waals surface area contributed by atoms with Crippen LogP contribution in [-0.2, 0) is 13.1 Å². The first kappa shape index (κ1) is 12.0. The third-order valence-corrected chi connectivity index (χ3v) is 3.53. The zero-order chi connectivity index (χ0) is 12.3. The van der Waals surface area contributed by atoms with E-state index in [9.17, 15) is 0 Å². The Morgan fingerprint density at radius 3 is 2.82 bits per heavy atom. The third kappa shape index (κ3) is 3.25. The molecule has 0 aromatic carbocycles. The van der Waals surface area contributed by atoms with E-state index < -0.39 is 0 Å². The van der Waals surface area contributed by atoms with Gasteiger partial charge in [-0.05, 0) is 37.0 Å². The number of anilines is 1. The molecule has 2 N–H and O–H groups in total. The van der Waals surface area contributed by atoms with Gasteiger partial charge in [0.05, 0.1) is 6.54 Å². The molecule has 0 unspecified atom stereocenters. The van der Waals surface area contributed by atoms with Crippen molar-refractivity contribution in [2.45, 2.75) is 20.0 Å². The van der Waals surface area contributed by atoms with E-state index in [4.69, 9.17) is 5.73 Å². The largest absolute Gasteiger partial charge is 0.384 e. The van der Waals surface area contributed by atoms with E-state index in [1.165, 1.54) is 10.4 Å². The molecule has 2 aromatic heterocycles. The number of nitrogens with zero attached hydrogens (tertiary/aromatic N) is 3. The summed E-state index contributed by atoms with van der Waals surface area (Å²) < 4.78 is 0. The zero-order valence-corrected chi connectivity index (χ0v) is 10.9. The minimum absolute atomic E-state index is 0.524. The van der Waals surface area contributed by atoms with E-state index in [-0.39, 0.29) is 0 Å². The monoisotopic (exact) mass is 248 g/mol. The lowest BCUT2D eigenvalue weighted by molar-refractivity contribution is 0.313. The molecular weight excluding hydrogens is 232 g/mol. The molecule has 0 aliphatic rings. The van der Waals surface area contributed by atoms with Crippen molar-refractivity contribution in [2.75, 3.05) is 12.8 Å². The van der Waals surface area contributed by atoms with Crippen LogP contribution in [0.4, 0.5) is 5.82 Å². The van der Waals surface area contributed by atoms with Gasteiger partial charge in [-0.1, -0.05) is 0 Å². The summed E-state index contributed by atoms with van der Waals surface area (Å²) in [7, 11) is 2.06. The van der Waals surface area contributed by atoms with Gasteiger partial charge in [-0.25, -0.2) is 9.97 Å². The minimum Gasteiger partial charge on any atom is -0.384 e. The summed E-state index contributed by atoms with van der Waals surface area (Å²) >= 11 is 1.78. The molecule has 2 heterocycles. The molecular formula is C12H16N4S. The lowest BCUT2D eigenvalue weighted by atomic mass is 10.3. The van der Waals surface area contributed by atoms with Gasteiger partial charge in [0.2, 0.25) is 0 Å². The molecule has 0 radical (unpaired) electrons. The fourth-order valence-electron chi connectivity index (χ4n) is 1.60. The molecule has 0 fully saturated rings. The van der Waals surface area contributed by atoms with Crippen LogP contribution in [0.2, 0.25) is 0 Å². The number of rotatable bonds is 4. The average molecular weight is 248 g/mol. The molecule has 2 rings (SSSR count). The van der Waals surface area contributed by atoms with Crippen molar-refractivity contribution in [1.29, 1.82) is 0 Å². The predicted molar refractivity (Wildman–Crippen MR) is 70.7 cm³/mol. The second-order valence-corrected chi connectivity index (χ2v) is 5.10. The van der Waals surface area contributed by atoms with Gasteiger partial charge in [0, 0.05) is 17.6 Å². The van der Waals surface area contributed by atoms with E-state index in [1.807, 2.05) is 0 Å². The van der Waals surface area contributed by atoms with Crippen molar-refractivity contribution in [1.82, 2.24) is 14.9 Å². The molecule has 4 nitrogen and oxygen atoms in total. The Labute approximate surface area is 105 Å². The molecule has 0 bridgehead atoms. The van der Waals surface area contributed by atoms with Crippen LogP contribution in [0.5, 0.6) is 0 Å². The Kier molecular flexibility index (Phi) is 3.71. The molecule has 90 valence electrons. The number of hydrogen-bond donors (Lipinski definition) is 1. The van der Waals surface area contributed by atoms with Gasteiger partial charge in [0.15, 0.2) is 0 Å². The molecule has 0 saturated carbocycles. The lowest BCUT2D eigenvalue weighted by Gasteiger charge is -2.15. The van der Waals surface area contributed by atoms with E-state index in [0.717, 1.165) is 12.4 Å². The number of nitrogens with two attached hydrogens (primary N) is 1. The van der Waals surface area contributed by atoms with Crippen LogP contribution in [0.3, 0.4) is 0 Å². The van der Waals surface area contributed by atoms with E-state index in [0.29, 0.717) is 12.4 Å². The Balaban J connectivity index is 1.98. The zero-order valence-electron chi connectivity index (χ0n) is 10.1. The fraction of sp³-hybridized carbons (Fsp3) is 0.333. The van der Waals surface area contributed by atoms with Crippen molar-refractivity contribution in [3.05, 3.63) is 40.0 Å². The molecule has 17 heavy (non-hydrogen) atoms. The van der Waals surface area contributed by atoms with Crippen LogP contribution in [0, 0.1) is 6.92 Å². The second kappa shape index (κ2) is 5.25. The first-order valence-corrected chi connectivity index (χ1v) is 6.32. The highest BCUT2D eigenvalue weighted by Crippen LogP contribution is 2.17. The molecule has 0 aliphatic carbocycles. The summed E-state index contributed by atoms with van der Waals surface area (Å²) in [6.45, 7) is 3.76. The van der Waals surface area contributed by atoms with Crippen LogP contribution < -0.4 is 5.73 Å². The van der Waals surface area contributed by atoms with Crippen LogP contribution in [0.1, 0.15) is 16.3 Å². The summed E-state index contributed by atoms with van der Waals surface area (Å²) in [6.07, 6.45) is 1.70. The van der Waals surface area contributed by atoms with Gasteiger partial charge in [-0.3, -0.25) is 4.90 Å². The summed E-state index contributed by atoms with van der Waals surface area (Å²) in [5.74, 6) is 1.29. The SMILES string of the molecule is Cc1ccsc1CN(C)Cc1nccc(N)n1. The standard InChI is InChI=1S/C12H16N4S/c1-9-4-6-17-10(9)7-16(2)8-12-14-5-3-11(13)15-12/h3-6H,7-8H2,1-2H3,(H2,13,14,15). The van der Waals surface area contributed by atoms with Gasteiger partial charge in [0.25, 0.3) is 0 Å². The maximum atomic E-state index is 5.63.